The molecule has 90 valence electrons. The first-order valence-electron chi connectivity index (χ1n) is 6.53. The highest BCUT2D eigenvalue weighted by molar-refractivity contribution is 7.09. The summed E-state index contributed by atoms with van der Waals surface area (Å²) in [5.74, 6) is 1.74. The van der Waals surface area contributed by atoms with Crippen LogP contribution in [0, 0.1) is 11.8 Å². The SMILES string of the molecule is CC1CCCC(NCCc2cccs2)C1C. The average molecular weight is 237 g/mol. The molecule has 1 N–H and O–H groups in total. The van der Waals surface area contributed by atoms with E-state index in [4.69, 9.17) is 0 Å². The van der Waals surface area contributed by atoms with Crippen molar-refractivity contribution >= 4 is 11.3 Å². The van der Waals surface area contributed by atoms with Gasteiger partial charge in [0.05, 0.1) is 0 Å². The van der Waals surface area contributed by atoms with E-state index in [2.05, 4.69) is 36.7 Å². The van der Waals surface area contributed by atoms with Crippen molar-refractivity contribution in [1.82, 2.24) is 5.32 Å². The standard InChI is InChI=1S/C14H23NS/c1-11-5-3-7-14(12(11)2)15-9-8-13-6-4-10-16-13/h4,6,10-12,14-15H,3,5,7-9H2,1-2H3. The fraction of sp³-hybridized carbons (Fsp3) is 0.714. The smallest absolute Gasteiger partial charge is 0.00953 e. The highest BCUT2D eigenvalue weighted by Gasteiger charge is 2.26. The highest BCUT2D eigenvalue weighted by atomic mass is 32.1. The summed E-state index contributed by atoms with van der Waals surface area (Å²) >= 11 is 1.87. The fourth-order valence-corrected chi connectivity index (χ4v) is 3.41. The number of rotatable bonds is 4. The Bertz CT molecular complexity index is 294. The Morgan fingerprint density at radius 1 is 1.38 bits per heavy atom. The molecule has 0 aliphatic heterocycles. The van der Waals surface area contributed by atoms with E-state index in [9.17, 15) is 0 Å². The molecule has 2 rings (SSSR count). The van der Waals surface area contributed by atoms with Crippen LogP contribution in [0.4, 0.5) is 0 Å². The van der Waals surface area contributed by atoms with Gasteiger partial charge in [-0.15, -0.1) is 11.3 Å². The first-order valence-corrected chi connectivity index (χ1v) is 7.41. The molecule has 0 aromatic carbocycles. The molecule has 2 heteroatoms. The molecule has 1 saturated carbocycles. The van der Waals surface area contributed by atoms with Crippen LogP contribution in [0.15, 0.2) is 17.5 Å². The molecule has 1 aliphatic rings. The maximum atomic E-state index is 3.75. The fourth-order valence-electron chi connectivity index (χ4n) is 2.71. The lowest BCUT2D eigenvalue weighted by Crippen LogP contribution is -2.41. The van der Waals surface area contributed by atoms with Crippen molar-refractivity contribution in [3.8, 4) is 0 Å². The Morgan fingerprint density at radius 2 is 2.25 bits per heavy atom. The van der Waals surface area contributed by atoms with E-state index in [1.807, 2.05) is 11.3 Å². The van der Waals surface area contributed by atoms with Crippen LogP contribution in [-0.4, -0.2) is 12.6 Å². The van der Waals surface area contributed by atoms with Gasteiger partial charge in [-0.25, -0.2) is 0 Å². The van der Waals surface area contributed by atoms with E-state index in [1.54, 1.807) is 0 Å². The third-order valence-corrected chi connectivity index (χ3v) is 5.00. The average Bonchev–Trinajstić information content (AvgIpc) is 2.77. The van der Waals surface area contributed by atoms with Crippen molar-refractivity contribution in [3.63, 3.8) is 0 Å². The molecule has 1 aromatic heterocycles. The quantitative estimate of drug-likeness (QED) is 0.842. The van der Waals surface area contributed by atoms with Crippen LogP contribution in [0.3, 0.4) is 0 Å². The van der Waals surface area contributed by atoms with Gasteiger partial charge in [-0.05, 0) is 36.1 Å². The molecule has 1 aromatic rings. The lowest BCUT2D eigenvalue weighted by Gasteiger charge is -2.34. The maximum absolute atomic E-state index is 3.75. The summed E-state index contributed by atoms with van der Waals surface area (Å²) in [5.41, 5.74) is 0. The summed E-state index contributed by atoms with van der Waals surface area (Å²) in [6, 6.07) is 5.13. The summed E-state index contributed by atoms with van der Waals surface area (Å²) in [7, 11) is 0. The topological polar surface area (TPSA) is 12.0 Å². The predicted molar refractivity (Wildman–Crippen MR) is 72.0 cm³/mol. The summed E-state index contributed by atoms with van der Waals surface area (Å²) in [4.78, 5) is 1.50. The Hall–Kier alpha value is -0.340. The third-order valence-electron chi connectivity index (χ3n) is 4.06. The molecular formula is C14H23NS. The normalized spacial score (nSPS) is 30.5. The summed E-state index contributed by atoms with van der Waals surface area (Å²) in [5, 5.41) is 5.91. The van der Waals surface area contributed by atoms with Crippen LogP contribution in [0.5, 0.6) is 0 Å². The van der Waals surface area contributed by atoms with Gasteiger partial charge in [0, 0.05) is 17.5 Å². The first-order chi connectivity index (χ1) is 7.77. The van der Waals surface area contributed by atoms with E-state index < -0.39 is 0 Å². The van der Waals surface area contributed by atoms with Gasteiger partial charge < -0.3 is 5.32 Å². The Kier molecular flexibility index (Phi) is 4.42. The summed E-state index contributed by atoms with van der Waals surface area (Å²) in [6.45, 7) is 5.95. The minimum Gasteiger partial charge on any atom is -0.313 e. The van der Waals surface area contributed by atoms with Crippen molar-refractivity contribution < 1.29 is 0 Å². The molecule has 16 heavy (non-hydrogen) atoms. The van der Waals surface area contributed by atoms with Crippen LogP contribution in [0.1, 0.15) is 38.0 Å². The first kappa shape index (κ1) is 12.1. The number of hydrogen-bond acceptors (Lipinski definition) is 2. The van der Waals surface area contributed by atoms with Crippen molar-refractivity contribution in [2.24, 2.45) is 11.8 Å². The highest BCUT2D eigenvalue weighted by Crippen LogP contribution is 2.29. The number of hydrogen-bond donors (Lipinski definition) is 1. The van der Waals surface area contributed by atoms with Crippen molar-refractivity contribution in [3.05, 3.63) is 22.4 Å². The van der Waals surface area contributed by atoms with Crippen LogP contribution < -0.4 is 5.32 Å². The second kappa shape index (κ2) is 5.83. The monoisotopic (exact) mass is 237 g/mol. The zero-order chi connectivity index (χ0) is 11.4. The van der Waals surface area contributed by atoms with Crippen molar-refractivity contribution in [2.75, 3.05) is 6.54 Å². The molecule has 0 radical (unpaired) electrons. The van der Waals surface area contributed by atoms with Gasteiger partial charge in [0.25, 0.3) is 0 Å². The van der Waals surface area contributed by atoms with Gasteiger partial charge >= 0.3 is 0 Å². The van der Waals surface area contributed by atoms with Gasteiger partial charge in [0.15, 0.2) is 0 Å². The molecule has 0 spiro atoms. The Morgan fingerprint density at radius 3 is 3.00 bits per heavy atom. The Labute approximate surface area is 103 Å². The molecule has 1 fully saturated rings. The molecule has 0 bridgehead atoms. The molecule has 1 nitrogen and oxygen atoms in total. The largest absolute Gasteiger partial charge is 0.313 e. The Balaban J connectivity index is 1.73. The van der Waals surface area contributed by atoms with Crippen LogP contribution in [0.25, 0.3) is 0 Å². The molecule has 0 amide bonds. The zero-order valence-electron chi connectivity index (χ0n) is 10.4. The van der Waals surface area contributed by atoms with Gasteiger partial charge in [0.2, 0.25) is 0 Å². The van der Waals surface area contributed by atoms with E-state index in [-0.39, 0.29) is 0 Å². The molecular weight excluding hydrogens is 214 g/mol. The second-order valence-electron chi connectivity index (χ2n) is 5.16. The van der Waals surface area contributed by atoms with Gasteiger partial charge in [-0.1, -0.05) is 32.8 Å². The van der Waals surface area contributed by atoms with E-state index in [0.29, 0.717) is 0 Å². The van der Waals surface area contributed by atoms with Gasteiger partial charge in [-0.3, -0.25) is 0 Å². The van der Waals surface area contributed by atoms with E-state index >= 15 is 0 Å². The third kappa shape index (κ3) is 3.08. The summed E-state index contributed by atoms with van der Waals surface area (Å²) in [6.07, 6.45) is 5.39. The second-order valence-corrected chi connectivity index (χ2v) is 6.19. The van der Waals surface area contributed by atoms with E-state index in [0.717, 1.165) is 24.4 Å². The van der Waals surface area contributed by atoms with Crippen molar-refractivity contribution in [1.29, 1.82) is 0 Å². The predicted octanol–water partition coefficient (Wildman–Crippen LogP) is 3.70. The lowest BCUT2D eigenvalue weighted by molar-refractivity contribution is 0.208. The maximum Gasteiger partial charge on any atom is 0.00953 e. The van der Waals surface area contributed by atoms with Gasteiger partial charge in [0.1, 0.15) is 0 Å². The number of thiophene rings is 1. The molecule has 1 heterocycles. The van der Waals surface area contributed by atoms with Crippen molar-refractivity contribution in [2.45, 2.75) is 45.6 Å². The lowest BCUT2D eigenvalue weighted by atomic mass is 9.78. The number of nitrogens with one attached hydrogen (secondary N) is 1. The zero-order valence-corrected chi connectivity index (χ0v) is 11.2. The molecule has 3 atom stereocenters. The van der Waals surface area contributed by atoms with Crippen LogP contribution in [0.2, 0.25) is 0 Å². The van der Waals surface area contributed by atoms with Crippen LogP contribution in [-0.2, 0) is 6.42 Å². The molecule has 0 saturated heterocycles. The van der Waals surface area contributed by atoms with E-state index in [1.165, 1.54) is 30.6 Å². The van der Waals surface area contributed by atoms with Crippen LogP contribution >= 0.6 is 11.3 Å². The molecule has 1 aliphatic carbocycles. The minimum atomic E-state index is 0.753. The molecule has 3 unspecified atom stereocenters. The van der Waals surface area contributed by atoms with Gasteiger partial charge in [-0.2, -0.15) is 0 Å². The minimum absolute atomic E-state index is 0.753. The summed E-state index contributed by atoms with van der Waals surface area (Å²) < 4.78 is 0.